The van der Waals surface area contributed by atoms with Crippen LogP contribution in [0.3, 0.4) is 0 Å². The molecule has 56 heavy (non-hydrogen) atoms. The lowest BCUT2D eigenvalue weighted by Crippen LogP contribution is -2.61. The highest BCUT2D eigenvalue weighted by atomic mass is 16.6. The summed E-state index contributed by atoms with van der Waals surface area (Å²) >= 11 is 0. The van der Waals surface area contributed by atoms with E-state index in [2.05, 4.69) is 80.6 Å². The molecular weight excluding hydrogens is 697 g/mol. The van der Waals surface area contributed by atoms with E-state index in [0.29, 0.717) is 18.4 Å². The molecule has 290 valence electrons. The van der Waals surface area contributed by atoms with Crippen molar-refractivity contribution in [3.05, 3.63) is 166 Å². The summed E-state index contributed by atoms with van der Waals surface area (Å²) in [7, 11) is 0. The number of carbonyl (C=O) groups excluding carboxylic acids is 2. The number of benzene rings is 4. The Morgan fingerprint density at radius 3 is 1.89 bits per heavy atom. The quantitative estimate of drug-likeness (QED) is 0.0958. The first-order valence-electron chi connectivity index (χ1n) is 20.1. The van der Waals surface area contributed by atoms with Gasteiger partial charge in [0, 0.05) is 29.6 Å². The molecular formula is C50H54O6. The van der Waals surface area contributed by atoms with E-state index >= 15 is 0 Å². The zero-order valence-corrected chi connectivity index (χ0v) is 33.4. The van der Waals surface area contributed by atoms with Crippen molar-refractivity contribution in [2.24, 2.45) is 35.0 Å². The van der Waals surface area contributed by atoms with E-state index in [1.165, 1.54) is 5.56 Å². The largest absolute Gasteiger partial charge is 0.458 e. The van der Waals surface area contributed by atoms with Gasteiger partial charge in [0.25, 0.3) is 0 Å². The van der Waals surface area contributed by atoms with Gasteiger partial charge in [-0.3, -0.25) is 9.59 Å². The Morgan fingerprint density at radius 1 is 0.821 bits per heavy atom. The molecule has 4 aromatic rings. The fraction of sp³-hybridized carbons (Fsp3) is 0.400. The average molecular weight is 751 g/mol. The zero-order chi connectivity index (χ0) is 39.7. The summed E-state index contributed by atoms with van der Waals surface area (Å²) in [4.78, 5) is 28.1. The lowest BCUT2D eigenvalue weighted by molar-refractivity contribution is -0.188. The van der Waals surface area contributed by atoms with Gasteiger partial charge in [-0.05, 0) is 66.0 Å². The van der Waals surface area contributed by atoms with E-state index in [4.69, 9.17) is 9.47 Å². The number of Topliss-reactive ketones (excluding diaryl/α,β-unsaturated/α-hetero) is 1. The van der Waals surface area contributed by atoms with Gasteiger partial charge in [0.1, 0.15) is 16.8 Å². The van der Waals surface area contributed by atoms with Gasteiger partial charge in [0.15, 0.2) is 5.78 Å². The van der Waals surface area contributed by atoms with Crippen LogP contribution in [0.25, 0.3) is 0 Å². The van der Waals surface area contributed by atoms with Crippen LogP contribution in [0.1, 0.15) is 75.3 Å². The normalized spacial score (nSPS) is 30.8. The van der Waals surface area contributed by atoms with Crippen molar-refractivity contribution < 1.29 is 29.3 Å². The number of esters is 1. The molecule has 6 nitrogen and oxygen atoms in total. The topological polar surface area (TPSA) is 93.1 Å². The van der Waals surface area contributed by atoms with Gasteiger partial charge in [-0.2, -0.15) is 0 Å². The van der Waals surface area contributed by atoms with Crippen molar-refractivity contribution in [3.8, 4) is 0 Å². The second-order valence-electron chi connectivity index (χ2n) is 17.8. The zero-order valence-electron chi connectivity index (χ0n) is 33.4. The highest BCUT2D eigenvalue weighted by molar-refractivity contribution is 6.04. The van der Waals surface area contributed by atoms with Gasteiger partial charge in [-0.15, -0.1) is 0 Å². The Balaban J connectivity index is 1.20. The lowest BCUT2D eigenvalue weighted by atomic mass is 9.60. The molecule has 0 saturated heterocycles. The molecule has 0 radical (unpaired) electrons. The van der Waals surface area contributed by atoms with Crippen LogP contribution in [0, 0.1) is 41.9 Å². The standard InChI is InChI=1S/C50H54O6/c1-32-22-24-36(25-23-32)26-34(3)45(52)56-48-29-35(4)49(54)41(43(48)46(48,5)6)28-37(30-47(53)42(49)27-33(2)44(47)51)31-55-50(38-16-10-7-11-17-38,39-18-12-8-13-19-39)40-20-14-9-15-21-40/h7-25,27-28,34-35,41-43,53-54H,26,29-31H2,1-6H3/t34-,35+,41-,42+,43+,47+,48-,49+/m0/s1. The fourth-order valence-electron chi connectivity index (χ4n) is 11.0. The molecule has 0 heterocycles. The van der Waals surface area contributed by atoms with E-state index in [0.717, 1.165) is 27.8 Å². The minimum Gasteiger partial charge on any atom is -0.458 e. The molecule has 0 spiro atoms. The van der Waals surface area contributed by atoms with Crippen LogP contribution < -0.4 is 0 Å². The number of fused-ring (bicyclic) bond motifs is 5. The maximum absolute atomic E-state index is 14.1. The van der Waals surface area contributed by atoms with Crippen LogP contribution in [0.4, 0.5) is 0 Å². The van der Waals surface area contributed by atoms with Crippen molar-refractivity contribution in [1.29, 1.82) is 0 Å². The number of aliphatic hydroxyl groups is 2. The van der Waals surface area contributed by atoms with Crippen LogP contribution in [0.15, 0.2) is 139 Å². The molecule has 4 aromatic carbocycles. The molecule has 8 rings (SSSR count). The number of hydrogen-bond donors (Lipinski definition) is 2. The predicted octanol–water partition coefficient (Wildman–Crippen LogP) is 8.71. The second kappa shape index (κ2) is 13.8. The summed E-state index contributed by atoms with van der Waals surface area (Å²) in [6, 6.07) is 38.6. The molecule has 6 heteroatoms. The average Bonchev–Trinajstić information content (AvgIpc) is 3.60. The van der Waals surface area contributed by atoms with Crippen LogP contribution in [-0.4, -0.2) is 45.4 Å². The number of ketones is 1. The van der Waals surface area contributed by atoms with E-state index in [1.54, 1.807) is 13.0 Å². The summed E-state index contributed by atoms with van der Waals surface area (Å²) in [5.41, 5.74) is 0.568. The Hall–Kier alpha value is -4.62. The van der Waals surface area contributed by atoms with E-state index in [9.17, 15) is 19.8 Å². The molecule has 4 aliphatic rings. The highest BCUT2D eigenvalue weighted by Gasteiger charge is 2.83. The summed E-state index contributed by atoms with van der Waals surface area (Å²) in [6.07, 6.45) is 4.87. The molecule has 0 aromatic heterocycles. The van der Waals surface area contributed by atoms with Crippen LogP contribution >= 0.6 is 0 Å². The molecule has 2 N–H and O–H groups in total. The smallest absolute Gasteiger partial charge is 0.309 e. The van der Waals surface area contributed by atoms with Gasteiger partial charge in [-0.1, -0.05) is 161 Å². The molecule has 0 bridgehead atoms. The predicted molar refractivity (Wildman–Crippen MR) is 217 cm³/mol. The van der Waals surface area contributed by atoms with Crippen molar-refractivity contribution in [3.63, 3.8) is 0 Å². The third-order valence-corrected chi connectivity index (χ3v) is 14.0. The Bertz CT molecular complexity index is 2080. The molecule has 0 amide bonds. The third-order valence-electron chi connectivity index (χ3n) is 14.0. The van der Waals surface area contributed by atoms with E-state index in [-0.39, 0.29) is 36.6 Å². The highest BCUT2D eigenvalue weighted by Crippen LogP contribution is 2.76. The number of aryl methyl sites for hydroxylation is 1. The van der Waals surface area contributed by atoms with E-state index < -0.39 is 45.6 Å². The minimum absolute atomic E-state index is 0.0117. The molecule has 8 atom stereocenters. The SMILES string of the molecule is CC1=C[C@H]2[C@@]3(O)[C@H](C)C[C@]4(OC(=O)[C@@H](C)Cc5ccc(C)cc5)[C@H]([C@@H]3C=C(COC(c3ccccc3)(c3ccccc3)c3ccccc3)C[C@]2(O)C1=O)C4(C)C. The fourth-order valence-corrected chi connectivity index (χ4v) is 11.0. The maximum atomic E-state index is 14.1. The first kappa shape index (κ1) is 38.3. The van der Waals surface area contributed by atoms with Crippen LogP contribution in [0.2, 0.25) is 0 Å². The number of carbonyl (C=O) groups is 2. The Morgan fingerprint density at radius 2 is 1.36 bits per heavy atom. The molecule has 4 aliphatic carbocycles. The second-order valence-corrected chi connectivity index (χ2v) is 17.8. The maximum Gasteiger partial charge on any atom is 0.309 e. The van der Waals surface area contributed by atoms with Crippen LogP contribution in [-0.2, 0) is 31.1 Å². The summed E-state index contributed by atoms with van der Waals surface area (Å²) in [6.45, 7) is 12.0. The van der Waals surface area contributed by atoms with Crippen LogP contribution in [0.5, 0.6) is 0 Å². The summed E-state index contributed by atoms with van der Waals surface area (Å²) in [5, 5.41) is 25.8. The number of hydrogen-bond acceptors (Lipinski definition) is 6. The lowest BCUT2D eigenvalue weighted by Gasteiger charge is -2.50. The van der Waals surface area contributed by atoms with Gasteiger partial charge in [-0.25, -0.2) is 0 Å². The molecule has 0 unspecified atom stereocenters. The minimum atomic E-state index is -1.86. The molecule has 2 saturated carbocycles. The van der Waals surface area contributed by atoms with Crippen molar-refractivity contribution >= 4 is 11.8 Å². The van der Waals surface area contributed by atoms with E-state index in [1.807, 2.05) is 75.4 Å². The summed E-state index contributed by atoms with van der Waals surface area (Å²) in [5.74, 6) is -3.02. The first-order chi connectivity index (χ1) is 26.7. The molecule has 0 aliphatic heterocycles. The van der Waals surface area contributed by atoms with Gasteiger partial charge >= 0.3 is 5.97 Å². The van der Waals surface area contributed by atoms with Crippen molar-refractivity contribution in [2.75, 3.05) is 6.61 Å². The third kappa shape index (κ3) is 5.78. The van der Waals surface area contributed by atoms with Gasteiger partial charge < -0.3 is 19.7 Å². The van der Waals surface area contributed by atoms with Gasteiger partial charge in [0.05, 0.1) is 18.1 Å². The first-order valence-corrected chi connectivity index (χ1v) is 20.1. The number of ether oxygens (including phenoxy) is 2. The Kier molecular flexibility index (Phi) is 9.42. The van der Waals surface area contributed by atoms with Crippen molar-refractivity contribution in [1.82, 2.24) is 0 Å². The van der Waals surface area contributed by atoms with Gasteiger partial charge in [0.2, 0.25) is 0 Å². The summed E-state index contributed by atoms with van der Waals surface area (Å²) < 4.78 is 14.0. The Labute approximate surface area is 331 Å². The number of rotatable bonds is 10. The van der Waals surface area contributed by atoms with Crippen molar-refractivity contribution in [2.45, 2.75) is 83.2 Å². The monoisotopic (exact) mass is 750 g/mol. The molecule has 2 fully saturated rings.